The third-order valence-electron chi connectivity index (χ3n) is 5.19. The fraction of sp³-hybridized carbons (Fsp3) is 0.550. The van der Waals surface area contributed by atoms with Crippen molar-refractivity contribution in [3.05, 3.63) is 35.5 Å². The quantitative estimate of drug-likeness (QED) is 0.778. The lowest BCUT2D eigenvalue weighted by atomic mass is 9.96. The molecule has 1 fully saturated rings. The molecule has 0 radical (unpaired) electrons. The third-order valence-corrected chi connectivity index (χ3v) is 5.19. The number of nitrogens with zero attached hydrogens (tertiary/aromatic N) is 3. The molecular weight excluding hydrogens is 360 g/mol. The average molecular weight is 388 g/mol. The fourth-order valence-electron chi connectivity index (χ4n) is 3.53. The number of hydrogen-bond acceptors (Lipinski definition) is 7. The highest BCUT2D eigenvalue weighted by molar-refractivity contribution is 5.81. The summed E-state index contributed by atoms with van der Waals surface area (Å²) in [5.74, 6) is 2.80. The van der Waals surface area contributed by atoms with E-state index in [2.05, 4.69) is 20.4 Å². The maximum absolute atomic E-state index is 12.7. The Labute approximate surface area is 165 Å². The van der Waals surface area contributed by atoms with Gasteiger partial charge in [-0.2, -0.15) is 4.98 Å². The molecular formula is C20H28N4O4. The van der Waals surface area contributed by atoms with Crippen molar-refractivity contribution in [1.29, 1.82) is 0 Å². The predicted octanol–water partition coefficient (Wildman–Crippen LogP) is 2.28. The molecule has 8 nitrogen and oxygen atoms in total. The number of likely N-dealkylation sites (tertiary alicyclic amines) is 1. The van der Waals surface area contributed by atoms with Gasteiger partial charge in [-0.05, 0) is 50.9 Å². The molecule has 2 atom stereocenters. The summed E-state index contributed by atoms with van der Waals surface area (Å²) >= 11 is 0. The number of methoxy groups -OCH3 is 2. The molecule has 1 aromatic heterocycles. The number of carbonyl (C=O) groups is 1. The van der Waals surface area contributed by atoms with Crippen molar-refractivity contribution in [2.75, 3.05) is 27.3 Å². The lowest BCUT2D eigenvalue weighted by molar-refractivity contribution is -0.126. The summed E-state index contributed by atoms with van der Waals surface area (Å²) in [5.41, 5.74) is 0.955. The molecule has 2 heterocycles. The van der Waals surface area contributed by atoms with Crippen LogP contribution in [0.15, 0.2) is 22.7 Å². The van der Waals surface area contributed by atoms with Gasteiger partial charge < -0.3 is 19.3 Å². The van der Waals surface area contributed by atoms with Crippen molar-refractivity contribution in [3.63, 3.8) is 0 Å². The van der Waals surface area contributed by atoms with Crippen LogP contribution in [0.25, 0.3) is 0 Å². The van der Waals surface area contributed by atoms with Gasteiger partial charge in [-0.3, -0.25) is 9.69 Å². The van der Waals surface area contributed by atoms with Crippen molar-refractivity contribution in [3.8, 4) is 11.5 Å². The van der Waals surface area contributed by atoms with E-state index >= 15 is 0 Å². The molecule has 2 aromatic rings. The van der Waals surface area contributed by atoms with Crippen LogP contribution < -0.4 is 14.8 Å². The number of amides is 1. The molecule has 0 bridgehead atoms. The van der Waals surface area contributed by atoms with Crippen molar-refractivity contribution >= 4 is 5.91 Å². The molecule has 1 aromatic carbocycles. The number of aryl methyl sites for hydroxylation is 1. The van der Waals surface area contributed by atoms with Crippen LogP contribution in [0.2, 0.25) is 0 Å². The number of ether oxygens (including phenoxy) is 2. The molecule has 0 aliphatic carbocycles. The first kappa shape index (κ1) is 20.1. The van der Waals surface area contributed by atoms with Crippen LogP contribution in [0.1, 0.15) is 43.0 Å². The van der Waals surface area contributed by atoms with Gasteiger partial charge >= 0.3 is 0 Å². The van der Waals surface area contributed by atoms with E-state index in [0.717, 1.165) is 31.5 Å². The van der Waals surface area contributed by atoms with Crippen LogP contribution in [-0.2, 0) is 11.3 Å². The maximum atomic E-state index is 12.7. The molecule has 1 aliphatic heterocycles. The average Bonchev–Trinajstić information content (AvgIpc) is 3.17. The molecule has 1 amide bonds. The standard InChI is InChI=1S/C20H28N4O4/c1-13(24-9-5-6-16(12-24)20-22-14(2)23-28-20)19(25)21-11-15-7-8-17(26-3)18(10-15)27-4/h7-8,10,13,16H,5-6,9,11-12H2,1-4H3,(H,21,25). The fourth-order valence-corrected chi connectivity index (χ4v) is 3.53. The van der Waals surface area contributed by atoms with Crippen molar-refractivity contribution in [1.82, 2.24) is 20.4 Å². The number of hydrogen-bond donors (Lipinski definition) is 1. The van der Waals surface area contributed by atoms with Gasteiger partial charge in [0, 0.05) is 13.1 Å². The van der Waals surface area contributed by atoms with Gasteiger partial charge in [-0.25, -0.2) is 0 Å². The molecule has 28 heavy (non-hydrogen) atoms. The Kier molecular flexibility index (Phi) is 6.51. The van der Waals surface area contributed by atoms with E-state index in [1.807, 2.05) is 32.0 Å². The van der Waals surface area contributed by atoms with Crippen molar-refractivity contribution in [2.45, 2.75) is 45.2 Å². The zero-order valence-corrected chi connectivity index (χ0v) is 16.9. The topological polar surface area (TPSA) is 89.7 Å². The summed E-state index contributed by atoms with van der Waals surface area (Å²) in [5, 5.41) is 6.90. The molecule has 0 spiro atoms. The zero-order chi connectivity index (χ0) is 20.1. The first-order valence-electron chi connectivity index (χ1n) is 9.54. The van der Waals surface area contributed by atoms with Crippen LogP contribution in [-0.4, -0.2) is 54.3 Å². The molecule has 1 saturated heterocycles. The van der Waals surface area contributed by atoms with E-state index in [9.17, 15) is 4.79 Å². The lowest BCUT2D eigenvalue weighted by Crippen LogP contribution is -2.48. The highest BCUT2D eigenvalue weighted by Crippen LogP contribution is 2.28. The second-order valence-electron chi connectivity index (χ2n) is 7.10. The van der Waals surface area contributed by atoms with E-state index in [0.29, 0.717) is 29.8 Å². The van der Waals surface area contributed by atoms with Gasteiger partial charge in [0.25, 0.3) is 0 Å². The molecule has 152 valence electrons. The first-order chi connectivity index (χ1) is 13.5. The SMILES string of the molecule is COc1ccc(CNC(=O)C(C)N2CCCC(c3nc(C)no3)C2)cc1OC. The number of aromatic nitrogens is 2. The molecule has 1 N–H and O–H groups in total. The lowest BCUT2D eigenvalue weighted by Gasteiger charge is -2.34. The van der Waals surface area contributed by atoms with Crippen molar-refractivity contribution < 1.29 is 18.8 Å². The second-order valence-corrected chi connectivity index (χ2v) is 7.10. The highest BCUT2D eigenvalue weighted by Gasteiger charge is 2.30. The summed E-state index contributed by atoms with van der Waals surface area (Å²) in [7, 11) is 3.20. The summed E-state index contributed by atoms with van der Waals surface area (Å²) in [4.78, 5) is 19.2. The van der Waals surface area contributed by atoms with Gasteiger partial charge in [-0.15, -0.1) is 0 Å². The number of carbonyl (C=O) groups excluding carboxylic acids is 1. The van der Waals surface area contributed by atoms with Gasteiger partial charge in [0.15, 0.2) is 17.3 Å². The molecule has 0 saturated carbocycles. The maximum Gasteiger partial charge on any atom is 0.237 e. The minimum absolute atomic E-state index is 0.00264. The normalized spacial score (nSPS) is 18.5. The van der Waals surface area contributed by atoms with E-state index < -0.39 is 0 Å². The molecule has 1 aliphatic rings. The van der Waals surface area contributed by atoms with Gasteiger partial charge in [0.05, 0.1) is 26.2 Å². The zero-order valence-electron chi connectivity index (χ0n) is 16.9. The second kappa shape index (κ2) is 9.05. The van der Waals surface area contributed by atoms with E-state index in [4.69, 9.17) is 14.0 Å². The molecule has 2 unspecified atom stereocenters. The van der Waals surface area contributed by atoms with E-state index in [1.54, 1.807) is 14.2 Å². The predicted molar refractivity (Wildman–Crippen MR) is 103 cm³/mol. The van der Waals surface area contributed by atoms with E-state index in [-0.39, 0.29) is 17.9 Å². The Morgan fingerprint density at radius 2 is 2.14 bits per heavy atom. The summed E-state index contributed by atoms with van der Waals surface area (Å²) in [6.45, 7) is 5.81. The van der Waals surface area contributed by atoms with Gasteiger partial charge in [0.1, 0.15) is 0 Å². The number of benzene rings is 1. The Hall–Kier alpha value is -2.61. The Bertz CT molecular complexity index is 807. The van der Waals surface area contributed by atoms with Crippen LogP contribution in [0.3, 0.4) is 0 Å². The van der Waals surface area contributed by atoms with Crippen LogP contribution >= 0.6 is 0 Å². The summed E-state index contributed by atoms with van der Waals surface area (Å²) in [6, 6.07) is 5.40. The van der Waals surface area contributed by atoms with Gasteiger partial charge in [0.2, 0.25) is 11.8 Å². The highest BCUT2D eigenvalue weighted by atomic mass is 16.5. The number of nitrogens with one attached hydrogen (secondary N) is 1. The van der Waals surface area contributed by atoms with Crippen LogP contribution in [0.5, 0.6) is 11.5 Å². The number of rotatable bonds is 7. The summed E-state index contributed by atoms with van der Waals surface area (Å²) < 4.78 is 15.9. The monoisotopic (exact) mass is 388 g/mol. The Morgan fingerprint density at radius 1 is 1.36 bits per heavy atom. The summed E-state index contributed by atoms with van der Waals surface area (Å²) in [6.07, 6.45) is 2.00. The van der Waals surface area contributed by atoms with Crippen LogP contribution in [0.4, 0.5) is 0 Å². The van der Waals surface area contributed by atoms with Gasteiger partial charge in [-0.1, -0.05) is 11.2 Å². The van der Waals surface area contributed by atoms with E-state index in [1.165, 1.54) is 0 Å². The van der Waals surface area contributed by atoms with Crippen molar-refractivity contribution in [2.24, 2.45) is 0 Å². The smallest absolute Gasteiger partial charge is 0.237 e. The largest absolute Gasteiger partial charge is 0.493 e. The minimum Gasteiger partial charge on any atom is -0.493 e. The first-order valence-corrected chi connectivity index (χ1v) is 9.54. The molecule has 8 heteroatoms. The Balaban J connectivity index is 1.56. The molecule has 3 rings (SSSR count). The number of piperidine rings is 1. The van der Waals surface area contributed by atoms with Crippen LogP contribution in [0, 0.1) is 6.92 Å². The minimum atomic E-state index is -0.230. The Morgan fingerprint density at radius 3 is 2.82 bits per heavy atom. The third kappa shape index (κ3) is 4.62.